The van der Waals surface area contributed by atoms with E-state index in [4.69, 9.17) is 4.99 Å². The summed E-state index contributed by atoms with van der Waals surface area (Å²) in [7, 11) is 0. The summed E-state index contributed by atoms with van der Waals surface area (Å²) in [6, 6.07) is 7.32. The number of nitrogens with zero attached hydrogens (tertiary/aromatic N) is 1. The lowest BCUT2D eigenvalue weighted by molar-refractivity contribution is 0.331. The molecule has 1 aromatic carbocycles. The van der Waals surface area contributed by atoms with Crippen LogP contribution in [0.1, 0.15) is 103 Å². The SMILES string of the molecule is C=C/C=C(\C=C/C)CCCCC=NC(C)c1ccc2c(c1)C(C)(C)CCC2(C)C. The van der Waals surface area contributed by atoms with Crippen LogP contribution in [0.3, 0.4) is 0 Å². The van der Waals surface area contributed by atoms with E-state index in [-0.39, 0.29) is 16.9 Å². The quantitative estimate of drug-likeness (QED) is 0.227. The summed E-state index contributed by atoms with van der Waals surface area (Å²) in [6.07, 6.45) is 17.4. The molecule has 1 aromatic rings. The van der Waals surface area contributed by atoms with Gasteiger partial charge in [-0.2, -0.15) is 0 Å². The van der Waals surface area contributed by atoms with Crippen molar-refractivity contribution in [2.24, 2.45) is 4.99 Å². The Bertz CT molecular complexity index is 774. The molecule has 0 radical (unpaired) electrons. The van der Waals surface area contributed by atoms with Crippen molar-refractivity contribution in [3.8, 4) is 0 Å². The molecule has 0 saturated carbocycles. The molecule has 29 heavy (non-hydrogen) atoms. The molecule has 0 heterocycles. The first-order valence-electron chi connectivity index (χ1n) is 11.3. The summed E-state index contributed by atoms with van der Waals surface area (Å²) in [5, 5.41) is 0. The molecule has 0 spiro atoms. The van der Waals surface area contributed by atoms with Gasteiger partial charge in [0.1, 0.15) is 0 Å². The van der Waals surface area contributed by atoms with Gasteiger partial charge in [-0.15, -0.1) is 0 Å². The van der Waals surface area contributed by atoms with Crippen molar-refractivity contribution in [1.29, 1.82) is 0 Å². The van der Waals surface area contributed by atoms with Crippen molar-refractivity contribution in [3.63, 3.8) is 0 Å². The van der Waals surface area contributed by atoms with Crippen molar-refractivity contribution in [3.05, 3.63) is 71.3 Å². The Balaban J connectivity index is 1.95. The summed E-state index contributed by atoms with van der Waals surface area (Å²) >= 11 is 0. The number of hydrogen-bond donors (Lipinski definition) is 0. The van der Waals surface area contributed by atoms with Crippen LogP contribution in [0.4, 0.5) is 0 Å². The van der Waals surface area contributed by atoms with E-state index in [0.29, 0.717) is 0 Å². The fraction of sp³-hybridized carbons (Fsp3) is 0.536. The zero-order chi connectivity index (χ0) is 21.5. The molecule has 0 aliphatic heterocycles. The van der Waals surface area contributed by atoms with Gasteiger partial charge in [0, 0.05) is 0 Å². The van der Waals surface area contributed by atoms with E-state index in [1.165, 1.54) is 47.9 Å². The molecule has 1 aliphatic rings. The van der Waals surface area contributed by atoms with Gasteiger partial charge in [-0.3, -0.25) is 4.99 Å². The number of unbranched alkanes of at least 4 members (excludes halogenated alkanes) is 2. The third-order valence-electron chi connectivity index (χ3n) is 6.45. The van der Waals surface area contributed by atoms with Gasteiger partial charge in [-0.25, -0.2) is 0 Å². The van der Waals surface area contributed by atoms with Gasteiger partial charge in [0.25, 0.3) is 0 Å². The second kappa shape index (κ2) is 10.2. The van der Waals surface area contributed by atoms with Gasteiger partial charge in [0.05, 0.1) is 6.04 Å². The van der Waals surface area contributed by atoms with Gasteiger partial charge in [-0.1, -0.05) is 76.8 Å². The van der Waals surface area contributed by atoms with E-state index in [1.54, 1.807) is 0 Å². The molecule has 1 nitrogen and oxygen atoms in total. The summed E-state index contributed by atoms with van der Waals surface area (Å²) in [5.41, 5.74) is 6.29. The molecule has 0 bridgehead atoms. The molecule has 1 atom stereocenters. The first-order chi connectivity index (χ1) is 13.7. The van der Waals surface area contributed by atoms with Crippen LogP contribution in [0.5, 0.6) is 0 Å². The summed E-state index contributed by atoms with van der Waals surface area (Å²) in [4.78, 5) is 4.85. The fourth-order valence-corrected chi connectivity index (χ4v) is 4.34. The number of aliphatic imine (C=N–C) groups is 1. The molecule has 0 N–H and O–H groups in total. The average molecular weight is 392 g/mol. The molecule has 1 unspecified atom stereocenters. The van der Waals surface area contributed by atoms with Crippen LogP contribution in [0.25, 0.3) is 0 Å². The number of allylic oxidation sites excluding steroid dienone is 5. The van der Waals surface area contributed by atoms with E-state index in [0.717, 1.165) is 12.8 Å². The van der Waals surface area contributed by atoms with Crippen LogP contribution in [-0.4, -0.2) is 6.21 Å². The molecule has 1 heteroatoms. The number of hydrogen-bond acceptors (Lipinski definition) is 1. The zero-order valence-corrected chi connectivity index (χ0v) is 19.6. The highest BCUT2D eigenvalue weighted by molar-refractivity contribution is 5.57. The lowest BCUT2D eigenvalue weighted by Crippen LogP contribution is -2.33. The third-order valence-corrected chi connectivity index (χ3v) is 6.45. The van der Waals surface area contributed by atoms with Crippen molar-refractivity contribution < 1.29 is 0 Å². The van der Waals surface area contributed by atoms with E-state index >= 15 is 0 Å². The van der Waals surface area contributed by atoms with Crippen LogP contribution in [0, 0.1) is 0 Å². The van der Waals surface area contributed by atoms with Crippen molar-refractivity contribution >= 4 is 6.21 Å². The topological polar surface area (TPSA) is 12.4 Å². The van der Waals surface area contributed by atoms with Crippen LogP contribution >= 0.6 is 0 Å². The molecule has 0 amide bonds. The van der Waals surface area contributed by atoms with Crippen molar-refractivity contribution in [2.45, 2.75) is 96.9 Å². The second-order valence-electron chi connectivity index (χ2n) is 9.80. The number of rotatable bonds is 9. The molecular weight excluding hydrogens is 350 g/mol. The Labute approximate surface area is 179 Å². The van der Waals surface area contributed by atoms with Crippen LogP contribution in [0.2, 0.25) is 0 Å². The maximum Gasteiger partial charge on any atom is 0.0717 e. The van der Waals surface area contributed by atoms with Gasteiger partial charge < -0.3 is 0 Å². The van der Waals surface area contributed by atoms with Crippen molar-refractivity contribution in [2.75, 3.05) is 0 Å². The molecule has 0 aromatic heterocycles. The lowest BCUT2D eigenvalue weighted by Gasteiger charge is -2.42. The maximum absolute atomic E-state index is 4.85. The van der Waals surface area contributed by atoms with Gasteiger partial charge in [0.15, 0.2) is 0 Å². The fourth-order valence-electron chi connectivity index (χ4n) is 4.34. The first kappa shape index (κ1) is 23.4. The van der Waals surface area contributed by atoms with E-state index < -0.39 is 0 Å². The van der Waals surface area contributed by atoms with E-state index in [1.807, 2.05) is 6.08 Å². The molecule has 1 aliphatic carbocycles. The Hall–Kier alpha value is -1.89. The van der Waals surface area contributed by atoms with Crippen molar-refractivity contribution in [1.82, 2.24) is 0 Å². The highest BCUT2D eigenvalue weighted by Crippen LogP contribution is 2.46. The Morgan fingerprint density at radius 2 is 1.79 bits per heavy atom. The van der Waals surface area contributed by atoms with Gasteiger partial charge in [0.2, 0.25) is 0 Å². The molecule has 158 valence electrons. The minimum atomic E-state index is 0.223. The first-order valence-corrected chi connectivity index (χ1v) is 11.3. The maximum atomic E-state index is 4.85. The molecule has 2 rings (SSSR count). The average Bonchev–Trinajstić information content (AvgIpc) is 2.68. The standard InChI is InChI=1S/C28H41N/c1-8-13-23(14-9-2)15-11-10-12-20-29-22(3)24-16-17-25-26(21-24)28(6,7)19-18-27(25,4)5/h8-9,13-14,16-17,20-22H,1,10-12,15,18-19H2,2-7H3/b14-9-,23-13+,29-20?. The third kappa shape index (κ3) is 6.29. The minimum Gasteiger partial charge on any atom is -0.290 e. The number of fused-ring (bicyclic) bond motifs is 1. The van der Waals surface area contributed by atoms with Crippen LogP contribution in [0.15, 0.2) is 59.6 Å². The van der Waals surface area contributed by atoms with E-state index in [2.05, 4.69) is 90.8 Å². The van der Waals surface area contributed by atoms with Gasteiger partial charge in [-0.05, 0) is 91.7 Å². The molecular formula is C28H41N. The highest BCUT2D eigenvalue weighted by atomic mass is 14.8. The summed E-state index contributed by atoms with van der Waals surface area (Å²) in [6.45, 7) is 17.6. The summed E-state index contributed by atoms with van der Waals surface area (Å²) in [5.74, 6) is 0. The predicted molar refractivity (Wildman–Crippen MR) is 130 cm³/mol. The van der Waals surface area contributed by atoms with E-state index in [9.17, 15) is 0 Å². The summed E-state index contributed by atoms with van der Waals surface area (Å²) < 4.78 is 0. The van der Waals surface area contributed by atoms with Crippen LogP contribution < -0.4 is 0 Å². The Morgan fingerprint density at radius 1 is 1.10 bits per heavy atom. The highest BCUT2D eigenvalue weighted by Gasteiger charge is 2.37. The Kier molecular flexibility index (Phi) is 8.25. The smallest absolute Gasteiger partial charge is 0.0717 e. The predicted octanol–water partition coefficient (Wildman–Crippen LogP) is 8.42. The second-order valence-corrected chi connectivity index (χ2v) is 9.80. The Morgan fingerprint density at radius 3 is 2.45 bits per heavy atom. The monoisotopic (exact) mass is 391 g/mol. The van der Waals surface area contributed by atoms with Crippen LogP contribution in [-0.2, 0) is 10.8 Å². The number of benzene rings is 1. The zero-order valence-electron chi connectivity index (χ0n) is 19.6. The molecule has 0 fully saturated rings. The minimum absolute atomic E-state index is 0.223. The normalized spacial score (nSPS) is 19.4. The molecule has 0 saturated heterocycles. The largest absolute Gasteiger partial charge is 0.290 e. The van der Waals surface area contributed by atoms with Gasteiger partial charge >= 0.3 is 0 Å². The lowest BCUT2D eigenvalue weighted by atomic mass is 9.63.